The largest absolute Gasteiger partial charge is 0.481 e. The van der Waals surface area contributed by atoms with Crippen LogP contribution >= 0.6 is 0 Å². The summed E-state index contributed by atoms with van der Waals surface area (Å²) in [5.41, 5.74) is 0. The van der Waals surface area contributed by atoms with E-state index in [0.717, 1.165) is 6.26 Å². The highest BCUT2D eigenvalue weighted by Crippen LogP contribution is 2.27. The second-order valence-electron chi connectivity index (χ2n) is 3.09. The van der Waals surface area contributed by atoms with Gasteiger partial charge in [-0.25, -0.2) is 13.1 Å². The van der Waals surface area contributed by atoms with Crippen molar-refractivity contribution < 1.29 is 18.3 Å². The standard InChI is InChI=1S/C6H11NO4S/c1-12(10,11)7-5-2-4(3-5)6(8)9/h4-5,7H,2-3H2,1H3,(H,8,9). The molecule has 0 aromatic heterocycles. The second kappa shape index (κ2) is 3.02. The fourth-order valence-corrected chi connectivity index (χ4v) is 2.02. The minimum absolute atomic E-state index is 0.180. The molecule has 1 rings (SSSR count). The van der Waals surface area contributed by atoms with E-state index < -0.39 is 16.0 Å². The number of carboxylic acid groups (broad SMARTS) is 1. The maximum Gasteiger partial charge on any atom is 0.306 e. The van der Waals surface area contributed by atoms with Gasteiger partial charge in [-0.2, -0.15) is 0 Å². The molecule has 0 radical (unpaired) electrons. The Kier molecular flexibility index (Phi) is 2.39. The van der Waals surface area contributed by atoms with Gasteiger partial charge in [0.15, 0.2) is 0 Å². The van der Waals surface area contributed by atoms with E-state index in [2.05, 4.69) is 4.72 Å². The summed E-state index contributed by atoms with van der Waals surface area (Å²) >= 11 is 0. The van der Waals surface area contributed by atoms with Crippen LogP contribution in [0.2, 0.25) is 0 Å². The molecule has 6 heteroatoms. The maximum atomic E-state index is 10.7. The molecule has 0 spiro atoms. The molecule has 0 saturated heterocycles. The number of sulfonamides is 1. The Bertz CT molecular complexity index is 278. The third-order valence-electron chi connectivity index (χ3n) is 1.87. The molecular weight excluding hydrogens is 182 g/mol. The molecule has 1 aliphatic rings. The van der Waals surface area contributed by atoms with Crippen LogP contribution in [0.4, 0.5) is 0 Å². The van der Waals surface area contributed by atoms with Crippen LogP contribution in [0.15, 0.2) is 0 Å². The molecule has 0 atom stereocenters. The lowest BCUT2D eigenvalue weighted by Gasteiger charge is -2.31. The molecule has 1 saturated carbocycles. The van der Waals surface area contributed by atoms with Crippen LogP contribution < -0.4 is 4.72 Å². The van der Waals surface area contributed by atoms with Gasteiger partial charge in [-0.15, -0.1) is 0 Å². The summed E-state index contributed by atoms with van der Waals surface area (Å²) in [4.78, 5) is 10.3. The van der Waals surface area contributed by atoms with Gasteiger partial charge in [-0.1, -0.05) is 0 Å². The maximum absolute atomic E-state index is 10.7. The normalized spacial score (nSPS) is 29.4. The Hall–Kier alpha value is -0.620. The third kappa shape index (κ3) is 2.46. The van der Waals surface area contributed by atoms with Crippen LogP contribution in [0.1, 0.15) is 12.8 Å². The topological polar surface area (TPSA) is 83.5 Å². The molecule has 12 heavy (non-hydrogen) atoms. The number of carboxylic acids is 1. The predicted molar refractivity (Wildman–Crippen MR) is 42.1 cm³/mol. The molecule has 5 nitrogen and oxygen atoms in total. The van der Waals surface area contributed by atoms with Gasteiger partial charge >= 0.3 is 5.97 Å². The first-order chi connectivity index (χ1) is 5.38. The summed E-state index contributed by atoms with van der Waals surface area (Å²) in [6.07, 6.45) is 1.88. The van der Waals surface area contributed by atoms with Gasteiger partial charge in [-0.3, -0.25) is 4.79 Å². The van der Waals surface area contributed by atoms with E-state index in [1.54, 1.807) is 0 Å². The molecule has 0 heterocycles. The smallest absolute Gasteiger partial charge is 0.306 e. The lowest BCUT2D eigenvalue weighted by Crippen LogP contribution is -2.46. The summed E-state index contributed by atoms with van der Waals surface area (Å²) in [5, 5.41) is 8.47. The zero-order chi connectivity index (χ0) is 9.35. The molecule has 0 aliphatic heterocycles. The van der Waals surface area contributed by atoms with E-state index in [-0.39, 0.29) is 12.0 Å². The number of hydrogen-bond acceptors (Lipinski definition) is 3. The average molecular weight is 193 g/mol. The van der Waals surface area contributed by atoms with Crippen molar-refractivity contribution in [2.24, 2.45) is 5.92 Å². The first-order valence-electron chi connectivity index (χ1n) is 3.58. The Morgan fingerprint density at radius 1 is 1.50 bits per heavy atom. The number of hydrogen-bond donors (Lipinski definition) is 2. The SMILES string of the molecule is CS(=O)(=O)NC1CC(C(=O)O)C1. The Morgan fingerprint density at radius 3 is 2.33 bits per heavy atom. The number of nitrogens with one attached hydrogen (secondary N) is 1. The quantitative estimate of drug-likeness (QED) is 0.627. The Balaban J connectivity index is 2.32. The second-order valence-corrected chi connectivity index (χ2v) is 4.87. The molecule has 0 aromatic carbocycles. The van der Waals surface area contributed by atoms with E-state index in [1.807, 2.05) is 0 Å². The zero-order valence-corrected chi connectivity index (χ0v) is 7.47. The van der Waals surface area contributed by atoms with Crippen molar-refractivity contribution in [2.45, 2.75) is 18.9 Å². The predicted octanol–water partition coefficient (Wildman–Crippen LogP) is -0.601. The highest BCUT2D eigenvalue weighted by molar-refractivity contribution is 7.88. The summed E-state index contributed by atoms with van der Waals surface area (Å²) < 4.78 is 23.7. The summed E-state index contributed by atoms with van der Waals surface area (Å²) in [6.45, 7) is 0. The van der Waals surface area contributed by atoms with E-state index in [4.69, 9.17) is 5.11 Å². The van der Waals surface area contributed by atoms with Crippen molar-refractivity contribution in [3.05, 3.63) is 0 Å². The number of aliphatic carboxylic acids is 1. The van der Waals surface area contributed by atoms with Crippen LogP contribution in [-0.4, -0.2) is 31.8 Å². The molecular formula is C6H11NO4S. The van der Waals surface area contributed by atoms with Crippen LogP contribution in [0.25, 0.3) is 0 Å². The van der Waals surface area contributed by atoms with Crippen molar-refractivity contribution in [1.82, 2.24) is 4.72 Å². The molecule has 0 amide bonds. The Morgan fingerprint density at radius 2 is 2.00 bits per heavy atom. The number of carbonyl (C=O) groups is 1. The van der Waals surface area contributed by atoms with Crippen molar-refractivity contribution in [2.75, 3.05) is 6.26 Å². The van der Waals surface area contributed by atoms with E-state index in [9.17, 15) is 13.2 Å². The van der Waals surface area contributed by atoms with Crippen LogP contribution in [-0.2, 0) is 14.8 Å². The van der Waals surface area contributed by atoms with Gasteiger partial charge in [0.05, 0.1) is 12.2 Å². The average Bonchev–Trinajstić information content (AvgIpc) is 1.74. The van der Waals surface area contributed by atoms with Gasteiger partial charge < -0.3 is 5.11 Å². The van der Waals surface area contributed by atoms with Gasteiger partial charge in [0.2, 0.25) is 10.0 Å². The van der Waals surface area contributed by atoms with Gasteiger partial charge in [0.1, 0.15) is 0 Å². The number of rotatable bonds is 3. The van der Waals surface area contributed by atoms with Crippen LogP contribution in [0.5, 0.6) is 0 Å². The van der Waals surface area contributed by atoms with Crippen LogP contribution in [0, 0.1) is 5.92 Å². The minimum Gasteiger partial charge on any atom is -0.481 e. The molecule has 2 N–H and O–H groups in total. The van der Waals surface area contributed by atoms with Gasteiger partial charge in [0.25, 0.3) is 0 Å². The zero-order valence-electron chi connectivity index (χ0n) is 6.65. The molecule has 70 valence electrons. The minimum atomic E-state index is -3.18. The first-order valence-corrected chi connectivity index (χ1v) is 5.48. The molecule has 0 unspecified atom stereocenters. The highest BCUT2D eigenvalue weighted by Gasteiger charge is 2.35. The van der Waals surface area contributed by atoms with E-state index in [0.29, 0.717) is 12.8 Å². The van der Waals surface area contributed by atoms with Gasteiger partial charge in [-0.05, 0) is 12.8 Å². The fraction of sp³-hybridized carbons (Fsp3) is 0.833. The van der Waals surface area contributed by atoms with Crippen molar-refractivity contribution in [3.63, 3.8) is 0 Å². The lowest BCUT2D eigenvalue weighted by molar-refractivity contribution is -0.145. The Labute approximate surface area is 70.8 Å². The van der Waals surface area contributed by atoms with E-state index in [1.165, 1.54) is 0 Å². The first kappa shape index (κ1) is 9.47. The van der Waals surface area contributed by atoms with Crippen molar-refractivity contribution >= 4 is 16.0 Å². The summed E-state index contributed by atoms with van der Waals surface area (Å²) in [7, 11) is -3.18. The van der Waals surface area contributed by atoms with Crippen LogP contribution in [0.3, 0.4) is 0 Å². The monoisotopic (exact) mass is 193 g/mol. The molecule has 1 fully saturated rings. The van der Waals surface area contributed by atoms with Crippen molar-refractivity contribution in [1.29, 1.82) is 0 Å². The fourth-order valence-electron chi connectivity index (χ4n) is 1.22. The lowest BCUT2D eigenvalue weighted by atomic mass is 9.81. The molecule has 0 aromatic rings. The molecule has 0 bridgehead atoms. The summed E-state index contributed by atoms with van der Waals surface area (Å²) in [6, 6.07) is -0.180. The third-order valence-corrected chi connectivity index (χ3v) is 2.63. The van der Waals surface area contributed by atoms with Crippen molar-refractivity contribution in [3.8, 4) is 0 Å². The highest BCUT2D eigenvalue weighted by atomic mass is 32.2. The molecule has 1 aliphatic carbocycles. The van der Waals surface area contributed by atoms with E-state index >= 15 is 0 Å². The van der Waals surface area contributed by atoms with Gasteiger partial charge in [0, 0.05) is 6.04 Å². The summed E-state index contributed by atoms with van der Waals surface area (Å²) in [5.74, 6) is -1.22.